The summed E-state index contributed by atoms with van der Waals surface area (Å²) in [5.41, 5.74) is 1.08. The van der Waals surface area contributed by atoms with Crippen molar-refractivity contribution >= 4 is 28.9 Å². The molecule has 4 aliphatic carbocycles. The molecular formula is C32H33F2N3O5S. The van der Waals surface area contributed by atoms with Crippen LogP contribution in [0.1, 0.15) is 67.8 Å². The molecule has 3 aromatic heterocycles. The number of carbonyl (C=O) groups excluding carboxylic acids is 2. The van der Waals surface area contributed by atoms with Crippen molar-refractivity contribution in [3.8, 4) is 5.69 Å². The Kier molecular flexibility index (Phi) is 6.70. The number of hydrogen-bond donors (Lipinski definition) is 1. The van der Waals surface area contributed by atoms with Crippen molar-refractivity contribution < 1.29 is 32.6 Å². The maximum atomic E-state index is 13.7. The molecule has 11 heteroatoms. The number of fused-ring (bicyclic) bond motifs is 6. The molecule has 0 unspecified atom stereocenters. The average molecular weight is 610 g/mol. The van der Waals surface area contributed by atoms with Crippen LogP contribution >= 0.6 is 11.8 Å². The van der Waals surface area contributed by atoms with E-state index in [-0.39, 0.29) is 41.8 Å². The lowest BCUT2D eigenvalue weighted by Gasteiger charge is -2.60. The lowest BCUT2D eigenvalue weighted by Crippen LogP contribution is -2.62. The monoisotopic (exact) mass is 609 g/mol. The Balaban J connectivity index is 1.23. The number of aliphatic hydroxyl groups excluding tert-OH is 1. The van der Waals surface area contributed by atoms with E-state index < -0.39 is 40.2 Å². The summed E-state index contributed by atoms with van der Waals surface area (Å²) >= 11 is 0.524. The number of allylic oxidation sites excluding steroid dienone is 1. The van der Waals surface area contributed by atoms with E-state index in [1.165, 1.54) is 30.2 Å². The Morgan fingerprint density at radius 1 is 1.23 bits per heavy atom. The number of pyridine rings is 1. The fourth-order valence-corrected chi connectivity index (χ4v) is 9.89. The normalized spacial score (nSPS) is 34.4. The van der Waals surface area contributed by atoms with Crippen molar-refractivity contribution in [3.05, 3.63) is 71.5 Å². The minimum absolute atomic E-state index is 0.0118. The molecule has 0 bridgehead atoms. The van der Waals surface area contributed by atoms with Gasteiger partial charge in [0.1, 0.15) is 6.01 Å². The molecule has 0 aliphatic heterocycles. The molecule has 3 fully saturated rings. The highest BCUT2D eigenvalue weighted by Crippen LogP contribution is 2.69. The Labute approximate surface area is 251 Å². The number of aromatic nitrogens is 3. The summed E-state index contributed by atoms with van der Waals surface area (Å²) in [6.07, 6.45) is 9.48. The van der Waals surface area contributed by atoms with Crippen molar-refractivity contribution in [1.82, 2.24) is 14.8 Å². The SMILES string of the molecule is C[C@]12Cc3cnn(-c4ccc(F)nc4)c3C=C1CC[C@@H]1[C@@H]2[C@@H](O)C[C@@]2(C)[C@H]1CC[C@]2(OC(=O)c1ccco1)C(=O)SCF. The molecule has 8 nitrogen and oxygen atoms in total. The van der Waals surface area contributed by atoms with Gasteiger partial charge in [0.25, 0.3) is 0 Å². The van der Waals surface area contributed by atoms with E-state index in [1.807, 2.05) is 13.1 Å². The maximum Gasteiger partial charge on any atom is 0.375 e. The van der Waals surface area contributed by atoms with Crippen molar-refractivity contribution in [2.45, 2.75) is 64.1 Å². The topological polar surface area (TPSA) is 107 Å². The summed E-state index contributed by atoms with van der Waals surface area (Å²) in [5.74, 6) is -1.36. The highest BCUT2D eigenvalue weighted by Gasteiger charge is 2.70. The zero-order valence-corrected chi connectivity index (χ0v) is 24.8. The van der Waals surface area contributed by atoms with Gasteiger partial charge in [-0.05, 0) is 109 Å². The quantitative estimate of drug-likeness (QED) is 0.280. The average Bonchev–Trinajstić information content (AvgIpc) is 3.71. The Morgan fingerprint density at radius 2 is 2.07 bits per heavy atom. The number of rotatable bonds is 5. The minimum Gasteiger partial charge on any atom is -0.457 e. The smallest absolute Gasteiger partial charge is 0.375 e. The number of thioether (sulfide) groups is 1. The minimum atomic E-state index is -1.58. The van der Waals surface area contributed by atoms with Gasteiger partial charge in [0, 0.05) is 5.41 Å². The van der Waals surface area contributed by atoms with Gasteiger partial charge in [-0.1, -0.05) is 19.4 Å². The Hall–Kier alpha value is -3.31. The molecule has 3 aromatic rings. The number of nitrogens with zero attached hydrogens (tertiary/aromatic N) is 3. The van der Waals surface area contributed by atoms with Gasteiger partial charge in [-0.25, -0.2) is 18.9 Å². The summed E-state index contributed by atoms with van der Waals surface area (Å²) in [5, 5.41) is 16.1. The van der Waals surface area contributed by atoms with Crippen LogP contribution in [0.25, 0.3) is 11.8 Å². The van der Waals surface area contributed by atoms with Crippen LogP contribution in [0.4, 0.5) is 8.78 Å². The molecule has 3 heterocycles. The highest BCUT2D eigenvalue weighted by atomic mass is 32.2. The second-order valence-electron chi connectivity index (χ2n) is 12.9. The van der Waals surface area contributed by atoms with E-state index in [1.54, 1.807) is 16.8 Å². The van der Waals surface area contributed by atoms with Crippen LogP contribution in [0, 0.1) is 34.5 Å². The zero-order chi connectivity index (χ0) is 30.1. The third kappa shape index (κ3) is 4.10. The lowest BCUT2D eigenvalue weighted by molar-refractivity contribution is -0.175. The zero-order valence-electron chi connectivity index (χ0n) is 24.0. The van der Waals surface area contributed by atoms with E-state index >= 15 is 0 Å². The predicted octanol–water partition coefficient (Wildman–Crippen LogP) is 5.93. The number of ether oxygens (including phenoxy) is 1. The summed E-state index contributed by atoms with van der Waals surface area (Å²) in [4.78, 5) is 30.6. The first-order chi connectivity index (χ1) is 20.6. The number of carbonyl (C=O) groups is 2. The van der Waals surface area contributed by atoms with Gasteiger partial charge in [-0.2, -0.15) is 9.49 Å². The molecule has 0 saturated heterocycles. The van der Waals surface area contributed by atoms with Crippen molar-refractivity contribution in [2.24, 2.45) is 28.6 Å². The van der Waals surface area contributed by atoms with Gasteiger partial charge in [-0.3, -0.25) is 4.79 Å². The molecule has 0 spiro atoms. The van der Waals surface area contributed by atoms with Crippen LogP contribution in [0.5, 0.6) is 0 Å². The van der Waals surface area contributed by atoms with Gasteiger partial charge in [0.15, 0.2) is 5.60 Å². The first-order valence-electron chi connectivity index (χ1n) is 14.7. The van der Waals surface area contributed by atoms with Crippen LogP contribution in [0.2, 0.25) is 0 Å². The Bertz CT molecular complexity index is 1610. The van der Waals surface area contributed by atoms with Crippen LogP contribution in [0.15, 0.2) is 52.9 Å². The van der Waals surface area contributed by atoms with Crippen LogP contribution in [0.3, 0.4) is 0 Å². The summed E-state index contributed by atoms with van der Waals surface area (Å²) < 4.78 is 40.1. The lowest BCUT2D eigenvalue weighted by atomic mass is 9.45. The van der Waals surface area contributed by atoms with Gasteiger partial charge in [-0.15, -0.1) is 0 Å². The summed E-state index contributed by atoms with van der Waals surface area (Å²) in [6, 6.07) is 5.08. The first kappa shape index (κ1) is 28.5. The summed E-state index contributed by atoms with van der Waals surface area (Å²) in [7, 11) is 0. The van der Waals surface area contributed by atoms with Gasteiger partial charge < -0.3 is 14.3 Å². The van der Waals surface area contributed by atoms with Gasteiger partial charge in [0.2, 0.25) is 16.8 Å². The molecule has 4 aliphatic rings. The summed E-state index contributed by atoms with van der Waals surface area (Å²) in [6.45, 7) is 4.15. The number of hydrogen-bond acceptors (Lipinski definition) is 8. The van der Waals surface area contributed by atoms with E-state index in [0.29, 0.717) is 30.3 Å². The highest BCUT2D eigenvalue weighted by molar-refractivity contribution is 8.13. The molecule has 43 heavy (non-hydrogen) atoms. The molecular weight excluding hydrogens is 576 g/mol. The fraction of sp³-hybridized carbons (Fsp3) is 0.500. The molecule has 7 atom stereocenters. The van der Waals surface area contributed by atoms with Crippen LogP contribution in [-0.4, -0.2) is 48.7 Å². The van der Waals surface area contributed by atoms with Crippen molar-refractivity contribution in [1.29, 1.82) is 0 Å². The third-order valence-electron chi connectivity index (χ3n) is 11.0. The van der Waals surface area contributed by atoms with Crippen molar-refractivity contribution in [2.75, 3.05) is 6.01 Å². The molecule has 1 N–H and O–H groups in total. The number of halogens is 2. The fourth-order valence-electron chi connectivity index (χ4n) is 9.19. The van der Waals surface area contributed by atoms with E-state index in [4.69, 9.17) is 9.15 Å². The third-order valence-corrected chi connectivity index (χ3v) is 11.7. The van der Waals surface area contributed by atoms with Crippen LogP contribution < -0.4 is 0 Å². The maximum absolute atomic E-state index is 13.7. The molecule has 7 rings (SSSR count). The molecule has 0 amide bonds. The predicted molar refractivity (Wildman–Crippen MR) is 154 cm³/mol. The van der Waals surface area contributed by atoms with Crippen molar-refractivity contribution in [3.63, 3.8) is 0 Å². The largest absolute Gasteiger partial charge is 0.457 e. The van der Waals surface area contributed by atoms with Gasteiger partial charge >= 0.3 is 5.97 Å². The number of aliphatic hydroxyl groups is 1. The first-order valence-corrected chi connectivity index (χ1v) is 15.7. The van der Waals surface area contributed by atoms with E-state index in [9.17, 15) is 23.5 Å². The molecule has 226 valence electrons. The van der Waals surface area contributed by atoms with Gasteiger partial charge in [0.05, 0.1) is 36.1 Å². The second-order valence-corrected chi connectivity index (χ2v) is 13.7. The second kappa shape index (κ2) is 10.1. The van der Waals surface area contributed by atoms with E-state index in [2.05, 4.69) is 23.1 Å². The molecule has 3 saturated carbocycles. The van der Waals surface area contributed by atoms with E-state index in [0.717, 1.165) is 24.1 Å². The molecule has 0 aromatic carbocycles. The number of esters is 1. The standard InChI is InChI=1S/C32H33F2N3O5S/c1-30-13-18-15-36-37(20-6-8-26(34)35-16-20)23(18)12-19(30)5-7-21-22-9-10-32(29(40)43-17-33,31(22,2)14-24(38)27(21)30)42-28(39)25-4-3-11-41-25/h3-4,6,8,11-12,15-16,21-22,24,27,38H,5,7,9-10,13-14,17H2,1-2H3/t21-,22-,24-,27+,30-,31-,32-/m0/s1. The molecule has 0 radical (unpaired) electrons. The van der Waals surface area contributed by atoms with Crippen LogP contribution in [-0.2, 0) is 16.0 Å². The number of furan rings is 1. The Morgan fingerprint density at radius 3 is 2.79 bits per heavy atom. The number of alkyl halides is 1.